The molecule has 0 fully saturated rings. The summed E-state index contributed by atoms with van der Waals surface area (Å²) < 4.78 is 24.7. The average Bonchev–Trinajstić information content (AvgIpc) is 2.42. The Balaban J connectivity index is 2.31. The predicted octanol–water partition coefficient (Wildman–Crippen LogP) is 4.03. The van der Waals surface area contributed by atoms with E-state index in [1.54, 1.807) is 12.1 Å². The molecule has 3 N–H and O–H groups in total. The first kappa shape index (κ1) is 16.5. The molecule has 0 aliphatic rings. The number of primary sulfonamides is 1. The molecule has 0 aliphatic carbocycles. The van der Waals surface area contributed by atoms with Crippen molar-refractivity contribution in [2.75, 3.05) is 5.32 Å². The Kier molecular flexibility index (Phi) is 5.08. The second kappa shape index (κ2) is 6.48. The van der Waals surface area contributed by atoms with Crippen LogP contribution in [0.25, 0.3) is 0 Å². The van der Waals surface area contributed by atoms with Crippen LogP contribution in [0.1, 0.15) is 18.5 Å². The zero-order valence-corrected chi connectivity index (χ0v) is 15.2. The topological polar surface area (TPSA) is 72.2 Å². The van der Waals surface area contributed by atoms with Crippen LogP contribution in [-0.4, -0.2) is 8.42 Å². The Hall–Kier alpha value is -0.890. The van der Waals surface area contributed by atoms with Crippen LogP contribution in [0.3, 0.4) is 0 Å². The molecular formula is C14H14Br2N2O2S. The fraction of sp³-hybridized carbons (Fsp3) is 0.143. The lowest BCUT2D eigenvalue weighted by Crippen LogP contribution is -2.14. The molecule has 7 heteroatoms. The highest BCUT2D eigenvalue weighted by Gasteiger charge is 2.13. The molecule has 2 aromatic carbocycles. The third-order valence-electron chi connectivity index (χ3n) is 3.01. The third kappa shape index (κ3) is 4.06. The highest BCUT2D eigenvalue weighted by molar-refractivity contribution is 9.11. The van der Waals surface area contributed by atoms with E-state index in [1.165, 1.54) is 6.07 Å². The van der Waals surface area contributed by atoms with E-state index in [-0.39, 0.29) is 10.9 Å². The van der Waals surface area contributed by atoms with Crippen molar-refractivity contribution in [3.63, 3.8) is 0 Å². The molecule has 0 heterocycles. The van der Waals surface area contributed by atoms with Crippen molar-refractivity contribution in [1.82, 2.24) is 0 Å². The average molecular weight is 434 g/mol. The van der Waals surface area contributed by atoms with Gasteiger partial charge in [-0.3, -0.25) is 0 Å². The van der Waals surface area contributed by atoms with Crippen LogP contribution < -0.4 is 10.5 Å². The number of halogens is 2. The van der Waals surface area contributed by atoms with Gasteiger partial charge in [0, 0.05) is 15.0 Å². The number of rotatable bonds is 4. The Bertz CT molecular complexity index is 743. The molecule has 0 saturated carbocycles. The van der Waals surface area contributed by atoms with Crippen molar-refractivity contribution in [3.05, 3.63) is 57.0 Å². The van der Waals surface area contributed by atoms with Gasteiger partial charge in [-0.2, -0.15) is 0 Å². The van der Waals surface area contributed by atoms with Crippen molar-refractivity contribution in [2.24, 2.45) is 5.14 Å². The number of para-hydroxylation sites is 1. The summed E-state index contributed by atoms with van der Waals surface area (Å²) >= 11 is 6.97. The number of nitrogens with two attached hydrogens (primary N) is 1. The van der Waals surface area contributed by atoms with Crippen molar-refractivity contribution < 1.29 is 8.42 Å². The fourth-order valence-electron chi connectivity index (χ4n) is 1.90. The van der Waals surface area contributed by atoms with E-state index in [0.717, 1.165) is 20.2 Å². The molecule has 0 radical (unpaired) electrons. The second-order valence-corrected chi connectivity index (χ2v) is 7.85. The van der Waals surface area contributed by atoms with Gasteiger partial charge in [0.15, 0.2) is 0 Å². The largest absolute Gasteiger partial charge is 0.377 e. The molecule has 0 bridgehead atoms. The van der Waals surface area contributed by atoms with Gasteiger partial charge in [0.2, 0.25) is 10.0 Å². The van der Waals surface area contributed by atoms with Gasteiger partial charge in [-0.05, 0) is 68.6 Å². The monoisotopic (exact) mass is 432 g/mol. The molecule has 0 aromatic heterocycles. The van der Waals surface area contributed by atoms with E-state index >= 15 is 0 Å². The van der Waals surface area contributed by atoms with Crippen LogP contribution in [0.2, 0.25) is 0 Å². The zero-order valence-electron chi connectivity index (χ0n) is 11.2. The highest BCUT2D eigenvalue weighted by atomic mass is 79.9. The van der Waals surface area contributed by atoms with E-state index in [4.69, 9.17) is 5.14 Å². The Morgan fingerprint density at radius 2 is 1.67 bits per heavy atom. The molecule has 1 atom stereocenters. The maximum absolute atomic E-state index is 11.4. The first-order valence-corrected chi connectivity index (χ1v) is 9.25. The summed E-state index contributed by atoms with van der Waals surface area (Å²) in [7, 11) is -3.69. The number of hydrogen-bond acceptors (Lipinski definition) is 3. The lowest BCUT2D eigenvalue weighted by molar-refractivity contribution is 0.597. The van der Waals surface area contributed by atoms with Gasteiger partial charge in [-0.15, -0.1) is 0 Å². The number of benzene rings is 2. The van der Waals surface area contributed by atoms with Crippen molar-refractivity contribution in [3.8, 4) is 0 Å². The maximum Gasteiger partial charge on any atom is 0.238 e. The van der Waals surface area contributed by atoms with Gasteiger partial charge in [-0.1, -0.05) is 18.2 Å². The molecule has 1 unspecified atom stereocenters. The van der Waals surface area contributed by atoms with Gasteiger partial charge in [0.25, 0.3) is 0 Å². The van der Waals surface area contributed by atoms with Crippen molar-refractivity contribution in [2.45, 2.75) is 17.9 Å². The maximum atomic E-state index is 11.4. The SMILES string of the molecule is CC(Nc1c(Br)cccc1Br)c1cccc(S(N)(=O)=O)c1. The highest BCUT2D eigenvalue weighted by Crippen LogP contribution is 2.33. The van der Waals surface area contributed by atoms with E-state index < -0.39 is 10.0 Å². The zero-order chi connectivity index (χ0) is 15.6. The van der Waals surface area contributed by atoms with Crippen LogP contribution in [-0.2, 0) is 10.0 Å². The summed E-state index contributed by atoms with van der Waals surface area (Å²) in [5, 5.41) is 8.51. The molecule has 0 amide bonds. The predicted molar refractivity (Wildman–Crippen MR) is 91.7 cm³/mol. The summed E-state index contributed by atoms with van der Waals surface area (Å²) in [5.41, 5.74) is 1.75. The summed E-state index contributed by atoms with van der Waals surface area (Å²) in [6.07, 6.45) is 0. The molecule has 21 heavy (non-hydrogen) atoms. The summed E-state index contributed by atoms with van der Waals surface area (Å²) in [4.78, 5) is 0.111. The standard InChI is InChI=1S/C14H14Br2N2O2S/c1-9(18-14-12(15)6-3-7-13(14)16)10-4-2-5-11(8-10)21(17,19)20/h2-9,18H,1H3,(H2,17,19,20). The van der Waals surface area contributed by atoms with Crippen LogP contribution >= 0.6 is 31.9 Å². The van der Waals surface area contributed by atoms with Gasteiger partial charge in [0.1, 0.15) is 0 Å². The quantitative estimate of drug-likeness (QED) is 0.764. The van der Waals surface area contributed by atoms with Gasteiger partial charge in [-0.25, -0.2) is 13.6 Å². The van der Waals surface area contributed by atoms with E-state index in [9.17, 15) is 8.42 Å². The van der Waals surface area contributed by atoms with Gasteiger partial charge >= 0.3 is 0 Å². The molecular weight excluding hydrogens is 420 g/mol. The number of anilines is 1. The van der Waals surface area contributed by atoms with Crippen molar-refractivity contribution >= 4 is 47.6 Å². The normalized spacial score (nSPS) is 13.0. The minimum absolute atomic E-state index is 0.0818. The first-order valence-electron chi connectivity index (χ1n) is 6.12. The van der Waals surface area contributed by atoms with E-state index in [0.29, 0.717) is 0 Å². The molecule has 0 saturated heterocycles. The molecule has 4 nitrogen and oxygen atoms in total. The lowest BCUT2D eigenvalue weighted by atomic mass is 10.1. The Labute approximate surface area is 141 Å². The minimum atomic E-state index is -3.69. The second-order valence-electron chi connectivity index (χ2n) is 4.58. The fourth-order valence-corrected chi connectivity index (χ4v) is 3.69. The number of nitrogens with one attached hydrogen (secondary N) is 1. The smallest absolute Gasteiger partial charge is 0.238 e. The lowest BCUT2D eigenvalue weighted by Gasteiger charge is -2.18. The van der Waals surface area contributed by atoms with Crippen molar-refractivity contribution in [1.29, 1.82) is 0 Å². The Morgan fingerprint density at radius 1 is 1.10 bits per heavy atom. The molecule has 112 valence electrons. The van der Waals surface area contributed by atoms with Gasteiger partial charge < -0.3 is 5.32 Å². The molecule has 2 aromatic rings. The van der Waals surface area contributed by atoms with Crippen LogP contribution in [0, 0.1) is 0 Å². The Morgan fingerprint density at radius 3 is 2.24 bits per heavy atom. The number of hydrogen-bond donors (Lipinski definition) is 2. The van der Waals surface area contributed by atoms with Crippen LogP contribution in [0.4, 0.5) is 5.69 Å². The summed E-state index contributed by atoms with van der Waals surface area (Å²) in [6.45, 7) is 1.95. The van der Waals surface area contributed by atoms with Crippen LogP contribution in [0.15, 0.2) is 56.3 Å². The molecule has 2 rings (SSSR count). The molecule has 0 spiro atoms. The van der Waals surface area contributed by atoms with E-state index in [2.05, 4.69) is 37.2 Å². The third-order valence-corrected chi connectivity index (χ3v) is 5.24. The van der Waals surface area contributed by atoms with Crippen LogP contribution in [0.5, 0.6) is 0 Å². The number of sulfonamides is 1. The minimum Gasteiger partial charge on any atom is -0.377 e. The summed E-state index contributed by atoms with van der Waals surface area (Å²) in [5.74, 6) is 0. The van der Waals surface area contributed by atoms with Gasteiger partial charge in [0.05, 0.1) is 10.6 Å². The first-order chi connectivity index (χ1) is 9.79. The molecule has 0 aliphatic heterocycles. The van der Waals surface area contributed by atoms with E-state index in [1.807, 2.05) is 31.2 Å². The summed E-state index contributed by atoms with van der Waals surface area (Å²) in [6, 6.07) is 12.3.